The van der Waals surface area contributed by atoms with E-state index in [1.54, 1.807) is 29.2 Å². The fourth-order valence-corrected chi connectivity index (χ4v) is 1.67. The summed E-state index contributed by atoms with van der Waals surface area (Å²) in [5.74, 6) is 0. The highest BCUT2D eigenvalue weighted by atomic mass is 15.4. The Labute approximate surface area is 97.0 Å². The van der Waals surface area contributed by atoms with Crippen molar-refractivity contribution in [3.05, 3.63) is 48.4 Å². The molecular weight excluding hydrogens is 214 g/mol. The molecule has 0 saturated carbocycles. The fourth-order valence-electron chi connectivity index (χ4n) is 1.67. The molecule has 3 rings (SSSR count). The van der Waals surface area contributed by atoms with Crippen molar-refractivity contribution in [1.29, 1.82) is 5.26 Å². The van der Waals surface area contributed by atoms with Gasteiger partial charge in [0.05, 0.1) is 35.9 Å². The smallest absolute Gasteiger partial charge is 0.105 e. The van der Waals surface area contributed by atoms with Crippen molar-refractivity contribution in [3.63, 3.8) is 0 Å². The Kier molecular flexibility index (Phi) is 2.06. The van der Waals surface area contributed by atoms with E-state index in [2.05, 4.69) is 21.4 Å². The van der Waals surface area contributed by atoms with Gasteiger partial charge in [0.2, 0.25) is 0 Å². The minimum atomic E-state index is 0.597. The van der Waals surface area contributed by atoms with Gasteiger partial charge < -0.3 is 0 Å². The van der Waals surface area contributed by atoms with E-state index in [1.807, 2.05) is 18.2 Å². The molecule has 0 unspecified atom stereocenters. The highest BCUT2D eigenvalue weighted by Gasteiger charge is 2.06. The average Bonchev–Trinajstić information content (AvgIpc) is 2.85. The van der Waals surface area contributed by atoms with E-state index in [4.69, 9.17) is 5.26 Å². The summed E-state index contributed by atoms with van der Waals surface area (Å²) in [5.41, 5.74) is 2.93. The Balaban J connectivity index is 2.23. The van der Waals surface area contributed by atoms with Crippen molar-refractivity contribution >= 4 is 5.52 Å². The van der Waals surface area contributed by atoms with Gasteiger partial charge in [0.25, 0.3) is 0 Å². The van der Waals surface area contributed by atoms with Crippen molar-refractivity contribution in [3.8, 4) is 17.3 Å². The van der Waals surface area contributed by atoms with Crippen LogP contribution in [-0.2, 0) is 0 Å². The van der Waals surface area contributed by atoms with Gasteiger partial charge in [-0.3, -0.25) is 4.98 Å². The van der Waals surface area contributed by atoms with Crippen molar-refractivity contribution < 1.29 is 0 Å². The Morgan fingerprint density at radius 2 is 2.06 bits per heavy atom. The molecule has 0 aliphatic carbocycles. The molecule has 80 valence electrons. The predicted octanol–water partition coefficient (Wildman–Crippen LogP) is 1.66. The Bertz CT molecular complexity index is 723. The van der Waals surface area contributed by atoms with Crippen LogP contribution in [0.4, 0.5) is 0 Å². The zero-order valence-corrected chi connectivity index (χ0v) is 8.78. The lowest BCUT2D eigenvalue weighted by atomic mass is 10.1. The molecule has 2 aromatic heterocycles. The van der Waals surface area contributed by atoms with Gasteiger partial charge in [-0.05, 0) is 6.07 Å². The highest BCUT2D eigenvalue weighted by molar-refractivity contribution is 5.67. The lowest BCUT2D eigenvalue weighted by Crippen LogP contribution is -1.93. The SMILES string of the molecule is N#Cc1ccccc1-c1cn2nncc2cn1. The predicted molar refractivity (Wildman–Crippen MR) is 60.9 cm³/mol. The summed E-state index contributed by atoms with van der Waals surface area (Å²) in [6, 6.07) is 9.49. The number of hydrogen-bond acceptors (Lipinski definition) is 4. The van der Waals surface area contributed by atoms with Crippen molar-refractivity contribution in [2.45, 2.75) is 0 Å². The van der Waals surface area contributed by atoms with E-state index in [0.717, 1.165) is 11.1 Å². The van der Waals surface area contributed by atoms with Crippen LogP contribution in [0, 0.1) is 11.3 Å². The Morgan fingerprint density at radius 1 is 1.18 bits per heavy atom. The molecule has 0 fully saturated rings. The molecule has 2 heterocycles. The number of aromatic nitrogens is 4. The van der Waals surface area contributed by atoms with Gasteiger partial charge in [0.15, 0.2) is 0 Å². The van der Waals surface area contributed by atoms with Crippen LogP contribution in [0.25, 0.3) is 16.8 Å². The summed E-state index contributed by atoms with van der Waals surface area (Å²) < 4.78 is 1.64. The maximum atomic E-state index is 9.04. The van der Waals surface area contributed by atoms with E-state index in [9.17, 15) is 0 Å². The van der Waals surface area contributed by atoms with E-state index in [0.29, 0.717) is 11.3 Å². The van der Waals surface area contributed by atoms with Gasteiger partial charge in [-0.25, -0.2) is 4.52 Å². The molecule has 5 nitrogen and oxygen atoms in total. The van der Waals surface area contributed by atoms with Crippen LogP contribution in [0.15, 0.2) is 42.9 Å². The van der Waals surface area contributed by atoms with Gasteiger partial charge in [-0.2, -0.15) is 5.26 Å². The first kappa shape index (κ1) is 9.48. The summed E-state index contributed by atoms with van der Waals surface area (Å²) in [4.78, 5) is 4.31. The van der Waals surface area contributed by atoms with Gasteiger partial charge in [-0.15, -0.1) is 5.10 Å². The van der Waals surface area contributed by atoms with Crippen LogP contribution in [0.1, 0.15) is 5.56 Å². The first-order valence-electron chi connectivity index (χ1n) is 5.04. The minimum absolute atomic E-state index is 0.597. The summed E-state index contributed by atoms with van der Waals surface area (Å²) in [6.07, 6.45) is 5.08. The molecule has 17 heavy (non-hydrogen) atoms. The first-order chi connectivity index (χ1) is 8.38. The zero-order valence-electron chi connectivity index (χ0n) is 8.78. The van der Waals surface area contributed by atoms with Crippen LogP contribution in [0.2, 0.25) is 0 Å². The van der Waals surface area contributed by atoms with Crippen LogP contribution < -0.4 is 0 Å². The molecule has 1 aromatic carbocycles. The molecule has 0 bridgehead atoms. The maximum Gasteiger partial charge on any atom is 0.105 e. The lowest BCUT2D eigenvalue weighted by Gasteiger charge is -2.02. The topological polar surface area (TPSA) is 66.9 Å². The Hall–Kier alpha value is -2.74. The molecule has 5 heteroatoms. The van der Waals surface area contributed by atoms with Crippen LogP contribution in [-0.4, -0.2) is 19.8 Å². The molecule has 0 atom stereocenters. The average molecular weight is 221 g/mol. The van der Waals surface area contributed by atoms with Crippen LogP contribution >= 0.6 is 0 Å². The normalized spacial score (nSPS) is 10.3. The highest BCUT2D eigenvalue weighted by Crippen LogP contribution is 2.20. The lowest BCUT2D eigenvalue weighted by molar-refractivity contribution is 0.851. The molecule has 0 aliphatic heterocycles. The summed E-state index contributed by atoms with van der Waals surface area (Å²) in [7, 11) is 0. The molecule has 0 spiro atoms. The molecule has 0 aliphatic rings. The van der Waals surface area contributed by atoms with Crippen LogP contribution in [0.3, 0.4) is 0 Å². The Morgan fingerprint density at radius 3 is 2.94 bits per heavy atom. The van der Waals surface area contributed by atoms with Gasteiger partial charge >= 0.3 is 0 Å². The number of nitrogens with zero attached hydrogens (tertiary/aromatic N) is 5. The quantitative estimate of drug-likeness (QED) is 0.626. The maximum absolute atomic E-state index is 9.04. The summed E-state index contributed by atoms with van der Waals surface area (Å²) in [6.45, 7) is 0. The summed E-state index contributed by atoms with van der Waals surface area (Å²) >= 11 is 0. The number of hydrogen-bond donors (Lipinski definition) is 0. The second-order valence-electron chi connectivity index (χ2n) is 3.53. The first-order valence-corrected chi connectivity index (χ1v) is 5.04. The monoisotopic (exact) mass is 221 g/mol. The number of rotatable bonds is 1. The molecule has 0 N–H and O–H groups in total. The number of nitriles is 1. The van der Waals surface area contributed by atoms with E-state index >= 15 is 0 Å². The minimum Gasteiger partial charge on any atom is -0.252 e. The molecular formula is C12H7N5. The molecule has 0 saturated heterocycles. The number of fused-ring (bicyclic) bond motifs is 1. The standard InChI is InChI=1S/C12H7N5/c13-5-9-3-1-2-4-11(9)12-8-17-10(6-14-12)7-15-16-17/h1-4,6-8H. The third-order valence-electron chi connectivity index (χ3n) is 2.51. The van der Waals surface area contributed by atoms with Gasteiger partial charge in [0, 0.05) is 5.56 Å². The third-order valence-corrected chi connectivity index (χ3v) is 2.51. The largest absolute Gasteiger partial charge is 0.252 e. The van der Waals surface area contributed by atoms with Gasteiger partial charge in [0.1, 0.15) is 5.52 Å². The van der Waals surface area contributed by atoms with Crippen molar-refractivity contribution in [2.75, 3.05) is 0 Å². The molecule has 3 aromatic rings. The number of benzene rings is 1. The molecule has 0 radical (unpaired) electrons. The van der Waals surface area contributed by atoms with Crippen molar-refractivity contribution in [1.82, 2.24) is 19.8 Å². The van der Waals surface area contributed by atoms with Crippen molar-refractivity contribution in [2.24, 2.45) is 0 Å². The van der Waals surface area contributed by atoms with Crippen LogP contribution in [0.5, 0.6) is 0 Å². The second-order valence-corrected chi connectivity index (χ2v) is 3.53. The van der Waals surface area contributed by atoms with E-state index in [-0.39, 0.29) is 0 Å². The summed E-state index contributed by atoms with van der Waals surface area (Å²) in [5, 5.41) is 16.7. The third kappa shape index (κ3) is 1.52. The second kappa shape index (κ2) is 3.68. The fraction of sp³-hybridized carbons (Fsp3) is 0. The molecule has 0 amide bonds. The zero-order chi connectivity index (χ0) is 11.7. The van der Waals surface area contributed by atoms with E-state index in [1.165, 1.54) is 0 Å². The van der Waals surface area contributed by atoms with Gasteiger partial charge in [-0.1, -0.05) is 23.4 Å². The van der Waals surface area contributed by atoms with E-state index < -0.39 is 0 Å².